The van der Waals surface area contributed by atoms with Crippen LogP contribution in [0.4, 0.5) is 4.79 Å². The van der Waals surface area contributed by atoms with Gasteiger partial charge in [0, 0.05) is 44.5 Å². The lowest BCUT2D eigenvalue weighted by Gasteiger charge is -2.19. The zero-order chi connectivity index (χ0) is 17.3. The smallest absolute Gasteiger partial charge is 0.315 e. The minimum absolute atomic E-state index is 0.0417. The van der Waals surface area contributed by atoms with E-state index in [-0.39, 0.29) is 18.1 Å². The number of aryl methyl sites for hydroxylation is 2. The number of carbonyl (C=O) groups excluding carboxylic acids is 1. The molecule has 1 saturated heterocycles. The maximum atomic E-state index is 12.3. The molecule has 0 aromatic carbocycles. The molecule has 1 aromatic heterocycles. The van der Waals surface area contributed by atoms with Crippen molar-refractivity contribution in [1.82, 2.24) is 25.3 Å². The van der Waals surface area contributed by atoms with Crippen molar-refractivity contribution in [3.8, 4) is 0 Å². The predicted molar refractivity (Wildman–Crippen MR) is 95.1 cm³/mol. The van der Waals surface area contributed by atoms with Gasteiger partial charge < -0.3 is 15.5 Å². The van der Waals surface area contributed by atoms with E-state index in [0.29, 0.717) is 0 Å². The fourth-order valence-electron chi connectivity index (χ4n) is 3.70. The lowest BCUT2D eigenvalue weighted by Crippen LogP contribution is -2.47. The van der Waals surface area contributed by atoms with Gasteiger partial charge in [0.2, 0.25) is 0 Å². The van der Waals surface area contributed by atoms with E-state index in [2.05, 4.69) is 34.5 Å². The highest BCUT2D eigenvalue weighted by molar-refractivity contribution is 5.74. The van der Waals surface area contributed by atoms with Gasteiger partial charge in [-0.1, -0.05) is 0 Å². The van der Waals surface area contributed by atoms with Crippen molar-refractivity contribution in [3.63, 3.8) is 0 Å². The van der Waals surface area contributed by atoms with Crippen molar-refractivity contribution >= 4 is 6.03 Å². The molecule has 1 aromatic rings. The van der Waals surface area contributed by atoms with Crippen LogP contribution in [-0.4, -0.2) is 52.4 Å². The molecule has 6 heteroatoms. The number of rotatable bonds is 6. The fourth-order valence-corrected chi connectivity index (χ4v) is 3.70. The Kier molecular flexibility index (Phi) is 5.13. The van der Waals surface area contributed by atoms with Crippen LogP contribution in [0.15, 0.2) is 0 Å². The van der Waals surface area contributed by atoms with E-state index in [1.165, 1.54) is 30.6 Å². The van der Waals surface area contributed by atoms with Gasteiger partial charge >= 0.3 is 6.03 Å². The quantitative estimate of drug-likeness (QED) is 0.834. The lowest BCUT2D eigenvalue weighted by molar-refractivity contribution is 0.233. The first kappa shape index (κ1) is 17.3. The molecule has 0 radical (unpaired) electrons. The Labute approximate surface area is 145 Å². The molecule has 134 valence electrons. The Balaban J connectivity index is 1.42. The molecular weight excluding hydrogens is 302 g/mol. The summed E-state index contributed by atoms with van der Waals surface area (Å²) in [5.74, 6) is 0.920. The highest BCUT2D eigenvalue weighted by Gasteiger charge is 2.29. The van der Waals surface area contributed by atoms with Crippen LogP contribution in [0.5, 0.6) is 0 Å². The van der Waals surface area contributed by atoms with Gasteiger partial charge in [-0.3, -0.25) is 4.68 Å². The summed E-state index contributed by atoms with van der Waals surface area (Å²) in [6.07, 6.45) is 4.66. The van der Waals surface area contributed by atoms with Gasteiger partial charge in [-0.15, -0.1) is 0 Å². The van der Waals surface area contributed by atoms with Crippen molar-refractivity contribution in [3.05, 3.63) is 17.0 Å². The van der Waals surface area contributed by atoms with E-state index in [1.807, 2.05) is 18.7 Å². The van der Waals surface area contributed by atoms with E-state index in [4.69, 9.17) is 0 Å². The largest absolute Gasteiger partial charge is 0.335 e. The molecule has 3 rings (SSSR count). The second-order valence-corrected chi connectivity index (χ2v) is 7.68. The highest BCUT2D eigenvalue weighted by atomic mass is 16.2. The number of aromatic nitrogens is 2. The minimum atomic E-state index is -0.0417. The Morgan fingerprint density at radius 1 is 1.33 bits per heavy atom. The third kappa shape index (κ3) is 4.29. The summed E-state index contributed by atoms with van der Waals surface area (Å²) in [5.41, 5.74) is 3.46. The molecule has 24 heavy (non-hydrogen) atoms. The first-order valence-corrected chi connectivity index (χ1v) is 9.20. The molecule has 2 aliphatic rings. The van der Waals surface area contributed by atoms with E-state index in [9.17, 15) is 4.79 Å². The second kappa shape index (κ2) is 7.13. The molecule has 0 spiro atoms. The van der Waals surface area contributed by atoms with Crippen molar-refractivity contribution < 1.29 is 4.79 Å². The zero-order valence-corrected chi connectivity index (χ0v) is 15.4. The van der Waals surface area contributed by atoms with E-state index < -0.39 is 0 Å². The van der Waals surface area contributed by atoms with Crippen molar-refractivity contribution in [2.75, 3.05) is 19.6 Å². The summed E-state index contributed by atoms with van der Waals surface area (Å²) in [6, 6.07) is 0.341. The van der Waals surface area contributed by atoms with Crippen molar-refractivity contribution in [2.45, 2.75) is 58.5 Å². The van der Waals surface area contributed by atoms with E-state index in [0.717, 1.165) is 37.5 Å². The van der Waals surface area contributed by atoms with Crippen LogP contribution in [0.3, 0.4) is 0 Å². The van der Waals surface area contributed by atoms with Crippen LogP contribution < -0.4 is 10.6 Å². The molecule has 1 saturated carbocycles. The summed E-state index contributed by atoms with van der Waals surface area (Å²) in [5, 5.41) is 10.7. The number of hydrogen-bond donors (Lipinski definition) is 2. The maximum absolute atomic E-state index is 12.3. The maximum Gasteiger partial charge on any atom is 0.315 e. The molecule has 6 nitrogen and oxygen atoms in total. The first-order chi connectivity index (χ1) is 11.4. The standard InChI is InChI=1S/C18H31N5O/c1-12(9-17-13(2)21-22(4)14(17)3)19-18(24)20-16-7-8-23(11-16)10-15-5-6-15/h12,15-16H,5-11H2,1-4H3,(H2,19,20,24)/t12-,16-/m1/s1. The highest BCUT2D eigenvalue weighted by Crippen LogP contribution is 2.30. The van der Waals surface area contributed by atoms with Gasteiger partial charge in [0.05, 0.1) is 5.69 Å². The van der Waals surface area contributed by atoms with E-state index in [1.54, 1.807) is 0 Å². The first-order valence-electron chi connectivity index (χ1n) is 9.20. The number of nitrogens with zero attached hydrogens (tertiary/aromatic N) is 3. The zero-order valence-electron chi connectivity index (χ0n) is 15.4. The molecule has 0 unspecified atom stereocenters. The van der Waals surface area contributed by atoms with Crippen molar-refractivity contribution in [1.29, 1.82) is 0 Å². The summed E-state index contributed by atoms with van der Waals surface area (Å²) in [4.78, 5) is 14.7. The molecule has 2 atom stereocenters. The molecule has 2 amide bonds. The van der Waals surface area contributed by atoms with Gasteiger partial charge in [0.25, 0.3) is 0 Å². The molecule has 1 aliphatic heterocycles. The molecule has 2 heterocycles. The average Bonchev–Trinajstić information content (AvgIpc) is 3.16. The monoisotopic (exact) mass is 333 g/mol. The van der Waals surface area contributed by atoms with Crippen LogP contribution in [0.1, 0.15) is 43.1 Å². The minimum Gasteiger partial charge on any atom is -0.335 e. The van der Waals surface area contributed by atoms with E-state index >= 15 is 0 Å². The Morgan fingerprint density at radius 2 is 2.08 bits per heavy atom. The number of hydrogen-bond acceptors (Lipinski definition) is 3. The molecule has 0 bridgehead atoms. The normalized spacial score (nSPS) is 22.6. The van der Waals surface area contributed by atoms with Crippen LogP contribution >= 0.6 is 0 Å². The summed E-state index contributed by atoms with van der Waals surface area (Å²) in [6.45, 7) is 9.50. The number of carbonyl (C=O) groups is 1. The van der Waals surface area contributed by atoms with Crippen LogP contribution in [0.25, 0.3) is 0 Å². The van der Waals surface area contributed by atoms with Crippen LogP contribution in [0.2, 0.25) is 0 Å². The lowest BCUT2D eigenvalue weighted by atomic mass is 10.1. The number of amides is 2. The topological polar surface area (TPSA) is 62.2 Å². The summed E-state index contributed by atoms with van der Waals surface area (Å²) >= 11 is 0. The van der Waals surface area contributed by atoms with Gasteiger partial charge in [0.1, 0.15) is 0 Å². The third-order valence-corrected chi connectivity index (χ3v) is 5.37. The number of likely N-dealkylation sites (tertiary alicyclic amines) is 1. The summed E-state index contributed by atoms with van der Waals surface area (Å²) < 4.78 is 1.91. The van der Waals surface area contributed by atoms with Gasteiger partial charge in [-0.05, 0) is 57.9 Å². The van der Waals surface area contributed by atoms with Gasteiger partial charge in [-0.25, -0.2) is 4.79 Å². The predicted octanol–water partition coefficient (Wildman–Crippen LogP) is 1.75. The van der Waals surface area contributed by atoms with Crippen LogP contribution in [-0.2, 0) is 13.5 Å². The Hall–Kier alpha value is -1.56. The molecule has 2 fully saturated rings. The number of nitrogens with one attached hydrogen (secondary N) is 2. The molecule has 1 aliphatic carbocycles. The average molecular weight is 333 g/mol. The van der Waals surface area contributed by atoms with Crippen LogP contribution in [0, 0.1) is 19.8 Å². The summed E-state index contributed by atoms with van der Waals surface area (Å²) in [7, 11) is 1.96. The Bertz CT molecular complexity index is 592. The second-order valence-electron chi connectivity index (χ2n) is 7.68. The molecule has 2 N–H and O–H groups in total. The third-order valence-electron chi connectivity index (χ3n) is 5.37. The Morgan fingerprint density at radius 3 is 2.71 bits per heavy atom. The van der Waals surface area contributed by atoms with Crippen molar-refractivity contribution in [2.24, 2.45) is 13.0 Å². The SMILES string of the molecule is Cc1nn(C)c(C)c1C[C@@H](C)NC(=O)N[C@@H]1CCN(CC2CC2)C1. The fraction of sp³-hybridized carbons (Fsp3) is 0.778. The number of urea groups is 1. The van der Waals surface area contributed by atoms with Gasteiger partial charge in [-0.2, -0.15) is 5.10 Å². The molecular formula is C18H31N5O. The van der Waals surface area contributed by atoms with Gasteiger partial charge in [0.15, 0.2) is 0 Å².